The van der Waals surface area contributed by atoms with Gasteiger partial charge < -0.3 is 20.7 Å². The predicted octanol–water partition coefficient (Wildman–Crippen LogP) is 2.21. The lowest BCUT2D eigenvalue weighted by Gasteiger charge is -2.18. The minimum Gasteiger partial charge on any atom is -0.495 e. The van der Waals surface area contributed by atoms with E-state index in [0.29, 0.717) is 24.3 Å². The van der Waals surface area contributed by atoms with E-state index in [-0.39, 0.29) is 11.4 Å². The lowest BCUT2D eigenvalue weighted by Crippen LogP contribution is -2.33. The predicted molar refractivity (Wildman–Crippen MR) is 86.5 cm³/mol. The van der Waals surface area contributed by atoms with Gasteiger partial charge in [-0.25, -0.2) is 0 Å². The van der Waals surface area contributed by atoms with Crippen LogP contribution in [0.25, 0.3) is 0 Å². The van der Waals surface area contributed by atoms with Crippen molar-refractivity contribution in [2.45, 2.75) is 38.8 Å². The van der Waals surface area contributed by atoms with Crippen molar-refractivity contribution >= 4 is 11.6 Å². The number of carbonyl (C=O) groups excluding carboxylic acids is 1. The number of methoxy groups -OCH3 is 1. The average Bonchev–Trinajstić information content (AvgIpc) is 2.35. The summed E-state index contributed by atoms with van der Waals surface area (Å²) < 4.78 is 5.30. The molecule has 5 heteroatoms. The Bertz CT molecular complexity index is 479. The smallest absolute Gasteiger partial charge is 0.224 e. The van der Waals surface area contributed by atoms with Crippen LogP contribution in [0.4, 0.5) is 5.69 Å². The third-order valence-corrected chi connectivity index (χ3v) is 3.03. The molecule has 0 saturated heterocycles. The molecule has 1 amide bonds. The highest BCUT2D eigenvalue weighted by molar-refractivity contribution is 5.92. The van der Waals surface area contributed by atoms with E-state index in [9.17, 15) is 4.79 Å². The normalized spacial score (nSPS) is 11.6. The molecule has 0 unspecified atom stereocenters. The monoisotopic (exact) mass is 293 g/mol. The third kappa shape index (κ3) is 6.60. The number of ether oxygens (including phenoxy) is 1. The Balaban J connectivity index is 2.77. The minimum absolute atomic E-state index is 0.0474. The van der Waals surface area contributed by atoms with Gasteiger partial charge in [0.2, 0.25) is 5.91 Å². The SMILES string of the molecule is COc1ccc(CN(C)C)cc1NC(=O)CCC(C)(C)N. The van der Waals surface area contributed by atoms with Crippen LogP contribution in [0, 0.1) is 0 Å². The van der Waals surface area contributed by atoms with Gasteiger partial charge in [-0.05, 0) is 52.1 Å². The van der Waals surface area contributed by atoms with Crippen molar-refractivity contribution in [2.75, 3.05) is 26.5 Å². The van der Waals surface area contributed by atoms with Crippen LogP contribution < -0.4 is 15.8 Å². The van der Waals surface area contributed by atoms with Crippen molar-refractivity contribution in [3.8, 4) is 5.75 Å². The molecule has 0 atom stereocenters. The van der Waals surface area contributed by atoms with Crippen LogP contribution in [0.3, 0.4) is 0 Å². The summed E-state index contributed by atoms with van der Waals surface area (Å²) in [6.07, 6.45) is 1.03. The maximum Gasteiger partial charge on any atom is 0.224 e. The van der Waals surface area contributed by atoms with Crippen LogP contribution in [0.15, 0.2) is 18.2 Å². The Kier molecular flexibility index (Phi) is 6.18. The van der Waals surface area contributed by atoms with Gasteiger partial charge in [-0.1, -0.05) is 6.07 Å². The fourth-order valence-corrected chi connectivity index (χ4v) is 1.96. The van der Waals surface area contributed by atoms with E-state index in [1.807, 2.05) is 46.1 Å². The van der Waals surface area contributed by atoms with Crippen molar-refractivity contribution in [1.82, 2.24) is 4.90 Å². The topological polar surface area (TPSA) is 67.6 Å². The Morgan fingerprint density at radius 2 is 2.05 bits per heavy atom. The summed E-state index contributed by atoms with van der Waals surface area (Å²) in [4.78, 5) is 14.1. The van der Waals surface area contributed by atoms with E-state index < -0.39 is 0 Å². The molecule has 0 fully saturated rings. The van der Waals surface area contributed by atoms with Gasteiger partial charge in [-0.3, -0.25) is 4.79 Å². The second-order valence-electron chi connectivity index (χ2n) is 6.31. The summed E-state index contributed by atoms with van der Waals surface area (Å²) >= 11 is 0. The highest BCUT2D eigenvalue weighted by Gasteiger charge is 2.14. The summed E-state index contributed by atoms with van der Waals surface area (Å²) in [5.41, 5.74) is 7.39. The van der Waals surface area contributed by atoms with Crippen molar-refractivity contribution in [2.24, 2.45) is 5.73 Å². The summed E-state index contributed by atoms with van der Waals surface area (Å²) in [6, 6.07) is 5.82. The number of hydrogen-bond donors (Lipinski definition) is 2. The number of benzene rings is 1. The molecule has 118 valence electrons. The average molecular weight is 293 g/mol. The second kappa shape index (κ2) is 7.43. The molecule has 0 bridgehead atoms. The molecule has 21 heavy (non-hydrogen) atoms. The first-order valence-electron chi connectivity index (χ1n) is 7.11. The Hall–Kier alpha value is -1.59. The van der Waals surface area contributed by atoms with Crippen LogP contribution in [0.1, 0.15) is 32.3 Å². The molecular weight excluding hydrogens is 266 g/mol. The van der Waals surface area contributed by atoms with Crippen LogP contribution >= 0.6 is 0 Å². The minimum atomic E-state index is -0.339. The first-order valence-corrected chi connectivity index (χ1v) is 7.11. The molecule has 0 aliphatic carbocycles. The quantitative estimate of drug-likeness (QED) is 0.809. The zero-order chi connectivity index (χ0) is 16.0. The van der Waals surface area contributed by atoms with E-state index in [1.165, 1.54) is 0 Å². The van der Waals surface area contributed by atoms with Crippen molar-refractivity contribution in [1.29, 1.82) is 0 Å². The molecular formula is C16H27N3O2. The molecule has 0 aliphatic heterocycles. The van der Waals surface area contributed by atoms with Gasteiger partial charge >= 0.3 is 0 Å². The molecule has 0 spiro atoms. The first-order chi connectivity index (χ1) is 9.71. The number of carbonyl (C=O) groups is 1. The molecule has 1 aromatic carbocycles. The lowest BCUT2D eigenvalue weighted by molar-refractivity contribution is -0.116. The number of anilines is 1. The van der Waals surface area contributed by atoms with Gasteiger partial charge in [0, 0.05) is 18.5 Å². The molecule has 0 saturated carbocycles. The highest BCUT2D eigenvalue weighted by atomic mass is 16.5. The van der Waals surface area contributed by atoms with Crippen molar-refractivity contribution < 1.29 is 9.53 Å². The fourth-order valence-electron chi connectivity index (χ4n) is 1.96. The third-order valence-electron chi connectivity index (χ3n) is 3.03. The van der Waals surface area contributed by atoms with E-state index in [2.05, 4.69) is 10.2 Å². The number of hydrogen-bond acceptors (Lipinski definition) is 4. The Labute approximate surface area is 127 Å². The van der Waals surface area contributed by atoms with E-state index in [0.717, 1.165) is 12.1 Å². The number of nitrogens with one attached hydrogen (secondary N) is 1. The van der Waals surface area contributed by atoms with E-state index >= 15 is 0 Å². The van der Waals surface area contributed by atoms with Crippen LogP contribution in [-0.2, 0) is 11.3 Å². The molecule has 0 heterocycles. The van der Waals surface area contributed by atoms with Crippen LogP contribution in [0.5, 0.6) is 5.75 Å². The summed E-state index contributed by atoms with van der Waals surface area (Å²) in [5.74, 6) is 0.617. The highest BCUT2D eigenvalue weighted by Crippen LogP contribution is 2.26. The number of nitrogens with zero attached hydrogens (tertiary/aromatic N) is 1. The maximum atomic E-state index is 12.0. The second-order valence-corrected chi connectivity index (χ2v) is 6.31. The number of rotatable bonds is 7. The van der Waals surface area contributed by atoms with Gasteiger partial charge in [0.05, 0.1) is 12.8 Å². The van der Waals surface area contributed by atoms with Crippen molar-refractivity contribution in [3.63, 3.8) is 0 Å². The largest absolute Gasteiger partial charge is 0.495 e. The molecule has 0 aliphatic rings. The van der Waals surface area contributed by atoms with Gasteiger partial charge in [-0.15, -0.1) is 0 Å². The summed E-state index contributed by atoms with van der Waals surface area (Å²) in [5, 5.41) is 2.91. The van der Waals surface area contributed by atoms with Crippen molar-refractivity contribution in [3.05, 3.63) is 23.8 Å². The Morgan fingerprint density at radius 1 is 1.38 bits per heavy atom. The molecule has 1 aromatic rings. The maximum absolute atomic E-state index is 12.0. The summed E-state index contributed by atoms with van der Waals surface area (Å²) in [6.45, 7) is 4.64. The fraction of sp³-hybridized carbons (Fsp3) is 0.562. The van der Waals surface area contributed by atoms with E-state index in [4.69, 9.17) is 10.5 Å². The molecule has 0 radical (unpaired) electrons. The van der Waals surface area contributed by atoms with Crippen LogP contribution in [-0.4, -0.2) is 37.6 Å². The molecule has 5 nitrogen and oxygen atoms in total. The Morgan fingerprint density at radius 3 is 2.57 bits per heavy atom. The molecule has 1 rings (SSSR count). The number of amides is 1. The zero-order valence-corrected chi connectivity index (χ0v) is 13.7. The first kappa shape index (κ1) is 17.5. The van der Waals surface area contributed by atoms with Gasteiger partial charge in [0.15, 0.2) is 0 Å². The molecule has 0 aromatic heterocycles. The van der Waals surface area contributed by atoms with Gasteiger partial charge in [0.25, 0.3) is 0 Å². The van der Waals surface area contributed by atoms with E-state index in [1.54, 1.807) is 7.11 Å². The van der Waals surface area contributed by atoms with Crippen LogP contribution in [0.2, 0.25) is 0 Å². The standard InChI is InChI=1S/C16H27N3O2/c1-16(2,17)9-8-15(20)18-13-10-12(11-19(3)4)6-7-14(13)21-5/h6-7,10H,8-9,11,17H2,1-5H3,(H,18,20). The lowest BCUT2D eigenvalue weighted by atomic mass is 10.00. The summed E-state index contributed by atoms with van der Waals surface area (Å²) in [7, 11) is 5.61. The zero-order valence-electron chi connectivity index (χ0n) is 13.7. The van der Waals surface area contributed by atoms with Gasteiger partial charge in [-0.2, -0.15) is 0 Å². The molecule has 3 N–H and O–H groups in total. The van der Waals surface area contributed by atoms with Gasteiger partial charge in [0.1, 0.15) is 5.75 Å². The number of nitrogens with two attached hydrogens (primary N) is 1.